The number of halogens is 2. The van der Waals surface area contributed by atoms with Gasteiger partial charge in [-0.3, -0.25) is 0 Å². The van der Waals surface area contributed by atoms with Crippen molar-refractivity contribution < 1.29 is 4.79 Å². The maximum absolute atomic E-state index is 12.8. The lowest BCUT2D eigenvalue weighted by molar-refractivity contribution is 0.203. The molecule has 4 rings (SSSR count). The number of hydrazone groups is 1. The smallest absolute Gasteiger partial charge is 0.332 e. The maximum atomic E-state index is 12.8. The van der Waals surface area contributed by atoms with Crippen LogP contribution in [0.25, 0.3) is 0 Å². The highest BCUT2D eigenvalue weighted by molar-refractivity contribution is 6.31. The number of hydrogen-bond donors (Lipinski definition) is 1. The maximum Gasteiger partial charge on any atom is 0.338 e. The highest BCUT2D eigenvalue weighted by atomic mass is 35.5. The van der Waals surface area contributed by atoms with Gasteiger partial charge < -0.3 is 5.32 Å². The van der Waals surface area contributed by atoms with E-state index >= 15 is 0 Å². The third-order valence-electron chi connectivity index (χ3n) is 4.85. The Morgan fingerprint density at radius 2 is 1.55 bits per heavy atom. The molecule has 0 saturated heterocycles. The fraction of sp³-hybridized carbons (Fsp3) is 0.130. The van der Waals surface area contributed by atoms with Crippen molar-refractivity contribution in [3.8, 4) is 0 Å². The molecule has 1 unspecified atom stereocenters. The molecular weight excluding hydrogens is 405 g/mol. The van der Waals surface area contributed by atoms with Crippen molar-refractivity contribution >= 4 is 34.9 Å². The fourth-order valence-corrected chi connectivity index (χ4v) is 3.58. The number of urea groups is 1. The summed E-state index contributed by atoms with van der Waals surface area (Å²) < 4.78 is 0. The first-order chi connectivity index (χ1) is 14.1. The summed E-state index contributed by atoms with van der Waals surface area (Å²) in [4.78, 5) is 12.8. The van der Waals surface area contributed by atoms with Crippen LogP contribution in [0.1, 0.15) is 22.6 Å². The van der Waals surface area contributed by atoms with E-state index in [1.54, 1.807) is 12.1 Å². The summed E-state index contributed by atoms with van der Waals surface area (Å²) in [7, 11) is 0. The first-order valence-electron chi connectivity index (χ1n) is 9.29. The average Bonchev–Trinajstić information content (AvgIpc) is 3.20. The first kappa shape index (κ1) is 19.5. The highest BCUT2D eigenvalue weighted by Crippen LogP contribution is 2.29. The van der Waals surface area contributed by atoms with Crippen LogP contribution in [0.2, 0.25) is 10.0 Å². The van der Waals surface area contributed by atoms with Gasteiger partial charge in [-0.2, -0.15) is 5.10 Å². The Balaban J connectivity index is 1.54. The second kappa shape index (κ2) is 8.68. The number of nitrogens with zero attached hydrogens (tertiary/aromatic N) is 2. The third-order valence-corrected chi connectivity index (χ3v) is 5.35. The Morgan fingerprint density at radius 3 is 2.21 bits per heavy atom. The normalized spacial score (nSPS) is 15.9. The molecule has 0 bridgehead atoms. The highest BCUT2D eigenvalue weighted by Gasteiger charge is 2.32. The second-order valence-electron chi connectivity index (χ2n) is 6.82. The van der Waals surface area contributed by atoms with E-state index in [-0.39, 0.29) is 11.9 Å². The largest absolute Gasteiger partial charge is 0.338 e. The molecular formula is C23H19Cl2N3O. The number of hydrogen-bond acceptors (Lipinski definition) is 2. The van der Waals surface area contributed by atoms with E-state index in [1.807, 2.05) is 54.6 Å². The Hall–Kier alpha value is -2.82. The molecule has 0 aliphatic carbocycles. The van der Waals surface area contributed by atoms with E-state index in [1.165, 1.54) is 5.01 Å². The monoisotopic (exact) mass is 423 g/mol. The second-order valence-corrected chi connectivity index (χ2v) is 7.70. The minimum absolute atomic E-state index is 0.00124. The quantitative estimate of drug-likeness (QED) is 0.573. The van der Waals surface area contributed by atoms with Crippen LogP contribution in [0.4, 0.5) is 4.79 Å². The number of carbonyl (C=O) groups is 1. The lowest BCUT2D eigenvalue weighted by Crippen LogP contribution is -2.35. The SMILES string of the molecule is O=C(NCc1ccc(Cl)cc1)N1CC(c2ccccc2)C(c2ccc(Cl)cc2)=N1. The molecule has 1 aliphatic heterocycles. The molecule has 0 spiro atoms. The van der Waals surface area contributed by atoms with Crippen molar-refractivity contribution in [1.29, 1.82) is 0 Å². The minimum atomic E-state index is -0.232. The van der Waals surface area contributed by atoms with Crippen LogP contribution in [-0.2, 0) is 6.54 Å². The Morgan fingerprint density at radius 1 is 0.931 bits per heavy atom. The van der Waals surface area contributed by atoms with Crippen LogP contribution in [0.15, 0.2) is 84.0 Å². The standard InChI is InChI=1S/C23H19Cl2N3O/c24-19-10-6-16(7-11-19)14-26-23(29)28-15-21(17-4-2-1-3-5-17)22(27-28)18-8-12-20(25)13-9-18/h1-13,21H,14-15H2,(H,26,29). The molecule has 6 heteroatoms. The van der Waals surface area contributed by atoms with E-state index in [0.29, 0.717) is 23.1 Å². The summed E-state index contributed by atoms with van der Waals surface area (Å²) in [6.07, 6.45) is 0. The predicted octanol–water partition coefficient (Wildman–Crippen LogP) is 5.71. The van der Waals surface area contributed by atoms with Crippen LogP contribution < -0.4 is 5.32 Å². The van der Waals surface area contributed by atoms with Crippen molar-refractivity contribution in [2.24, 2.45) is 5.10 Å². The Kier molecular flexibility index (Phi) is 5.84. The Bertz CT molecular complexity index is 1020. The van der Waals surface area contributed by atoms with Gasteiger partial charge in [0.15, 0.2) is 0 Å². The zero-order chi connectivity index (χ0) is 20.2. The molecule has 4 nitrogen and oxygen atoms in total. The van der Waals surface area contributed by atoms with E-state index < -0.39 is 0 Å². The zero-order valence-electron chi connectivity index (χ0n) is 15.6. The molecule has 1 aliphatic rings. The number of carbonyl (C=O) groups excluding carboxylic acids is 1. The van der Waals surface area contributed by atoms with Gasteiger partial charge in [-0.05, 0) is 41.0 Å². The van der Waals surface area contributed by atoms with Gasteiger partial charge in [-0.15, -0.1) is 0 Å². The van der Waals surface area contributed by atoms with Gasteiger partial charge in [0, 0.05) is 22.5 Å². The number of nitrogens with one attached hydrogen (secondary N) is 1. The topological polar surface area (TPSA) is 44.7 Å². The summed E-state index contributed by atoms with van der Waals surface area (Å²) in [5.41, 5.74) is 3.91. The van der Waals surface area contributed by atoms with Crippen molar-refractivity contribution in [3.63, 3.8) is 0 Å². The molecule has 3 aromatic carbocycles. The minimum Gasteiger partial charge on any atom is -0.332 e. The molecule has 146 valence electrons. The van der Waals surface area contributed by atoms with E-state index in [0.717, 1.165) is 22.4 Å². The van der Waals surface area contributed by atoms with Crippen molar-refractivity contribution in [1.82, 2.24) is 10.3 Å². The molecule has 0 radical (unpaired) electrons. The molecule has 0 aromatic heterocycles. The van der Waals surface area contributed by atoms with Gasteiger partial charge >= 0.3 is 6.03 Å². The summed E-state index contributed by atoms with van der Waals surface area (Å²) in [6.45, 7) is 0.892. The molecule has 0 saturated carbocycles. The Labute approximate surface area is 179 Å². The summed E-state index contributed by atoms with van der Waals surface area (Å²) in [6, 6.07) is 24.8. The lowest BCUT2D eigenvalue weighted by atomic mass is 9.91. The molecule has 3 aromatic rings. The van der Waals surface area contributed by atoms with Crippen LogP contribution >= 0.6 is 23.2 Å². The van der Waals surface area contributed by atoms with Crippen LogP contribution in [-0.4, -0.2) is 23.3 Å². The van der Waals surface area contributed by atoms with Gasteiger partial charge in [0.1, 0.15) is 0 Å². The summed E-state index contributed by atoms with van der Waals surface area (Å²) in [5, 5.41) is 10.4. The fourth-order valence-electron chi connectivity index (χ4n) is 3.33. The van der Waals surface area contributed by atoms with Crippen molar-refractivity contribution in [2.45, 2.75) is 12.5 Å². The van der Waals surface area contributed by atoms with E-state index in [4.69, 9.17) is 23.2 Å². The van der Waals surface area contributed by atoms with Crippen LogP contribution in [0.3, 0.4) is 0 Å². The van der Waals surface area contributed by atoms with Crippen molar-refractivity contribution in [2.75, 3.05) is 6.54 Å². The summed E-state index contributed by atoms with van der Waals surface area (Å²) in [5.74, 6) is -0.00124. The first-order valence-corrected chi connectivity index (χ1v) is 10.0. The molecule has 0 fully saturated rings. The van der Waals surface area contributed by atoms with Gasteiger partial charge in [-0.1, -0.05) is 77.8 Å². The van der Waals surface area contributed by atoms with Crippen LogP contribution in [0.5, 0.6) is 0 Å². The van der Waals surface area contributed by atoms with Gasteiger partial charge in [0.2, 0.25) is 0 Å². The van der Waals surface area contributed by atoms with E-state index in [9.17, 15) is 4.79 Å². The molecule has 2 amide bonds. The number of benzene rings is 3. The zero-order valence-corrected chi connectivity index (χ0v) is 17.1. The van der Waals surface area contributed by atoms with Gasteiger partial charge in [0.25, 0.3) is 0 Å². The van der Waals surface area contributed by atoms with E-state index in [2.05, 4.69) is 22.6 Å². The lowest BCUT2D eigenvalue weighted by Gasteiger charge is -2.16. The predicted molar refractivity (Wildman–Crippen MR) is 118 cm³/mol. The van der Waals surface area contributed by atoms with Gasteiger partial charge in [-0.25, -0.2) is 9.80 Å². The molecule has 29 heavy (non-hydrogen) atoms. The summed E-state index contributed by atoms with van der Waals surface area (Å²) >= 11 is 12.0. The molecule has 1 N–H and O–H groups in total. The average molecular weight is 424 g/mol. The number of amides is 2. The third kappa shape index (κ3) is 4.61. The van der Waals surface area contributed by atoms with Crippen molar-refractivity contribution in [3.05, 3.63) is 106 Å². The molecule has 1 atom stereocenters. The van der Waals surface area contributed by atoms with Crippen LogP contribution in [0, 0.1) is 0 Å². The number of rotatable bonds is 4. The molecule has 1 heterocycles. The van der Waals surface area contributed by atoms with Gasteiger partial charge in [0.05, 0.1) is 12.3 Å².